The lowest BCUT2D eigenvalue weighted by Crippen LogP contribution is -2.53. The van der Waals surface area contributed by atoms with Gasteiger partial charge in [-0.1, -0.05) is 19.3 Å². The summed E-state index contributed by atoms with van der Waals surface area (Å²) < 4.78 is 0. The van der Waals surface area contributed by atoms with Crippen LogP contribution in [0.2, 0.25) is 0 Å². The van der Waals surface area contributed by atoms with Gasteiger partial charge < -0.3 is 10.0 Å². The first-order chi connectivity index (χ1) is 9.93. The number of hydrogen-bond acceptors (Lipinski definition) is 4. The van der Waals surface area contributed by atoms with Crippen molar-refractivity contribution in [2.24, 2.45) is 0 Å². The maximum absolute atomic E-state index is 12.4. The van der Waals surface area contributed by atoms with Crippen LogP contribution in [-0.2, 0) is 4.79 Å². The third-order valence-electron chi connectivity index (χ3n) is 4.11. The Morgan fingerprint density at radius 3 is 2.62 bits per heavy atom. The second kappa shape index (κ2) is 6.43. The number of urea groups is 1. The minimum Gasteiger partial charge on any atom is -0.481 e. The van der Waals surface area contributed by atoms with E-state index in [1.54, 1.807) is 11.9 Å². The molecule has 2 N–H and O–H groups in total. The molecule has 6 nitrogen and oxygen atoms in total. The monoisotopic (exact) mass is 311 g/mol. The molecular formula is C14H21N3O3S. The summed E-state index contributed by atoms with van der Waals surface area (Å²) in [6.45, 7) is 1.86. The fourth-order valence-electron chi connectivity index (χ4n) is 2.92. The van der Waals surface area contributed by atoms with E-state index in [1.165, 1.54) is 11.3 Å². The maximum atomic E-state index is 12.4. The molecule has 1 aromatic heterocycles. The Labute approximate surface area is 128 Å². The molecule has 2 rings (SSSR count). The molecule has 0 atom stereocenters. The van der Waals surface area contributed by atoms with E-state index in [0.717, 1.165) is 37.8 Å². The summed E-state index contributed by atoms with van der Waals surface area (Å²) in [5.74, 6) is -0.860. The molecule has 1 aliphatic carbocycles. The third kappa shape index (κ3) is 3.72. The molecule has 21 heavy (non-hydrogen) atoms. The first kappa shape index (κ1) is 15.8. The van der Waals surface area contributed by atoms with Crippen LogP contribution < -0.4 is 5.32 Å². The predicted molar refractivity (Wildman–Crippen MR) is 81.7 cm³/mol. The highest BCUT2D eigenvalue weighted by atomic mass is 32.1. The average Bonchev–Trinajstić information content (AvgIpc) is 2.83. The summed E-state index contributed by atoms with van der Waals surface area (Å²) in [7, 11) is 1.68. The third-order valence-corrected chi connectivity index (χ3v) is 4.99. The van der Waals surface area contributed by atoms with Crippen molar-refractivity contribution in [2.75, 3.05) is 12.4 Å². The molecule has 0 saturated heterocycles. The number of nitrogens with zero attached hydrogens (tertiary/aromatic N) is 2. The maximum Gasteiger partial charge on any atom is 0.323 e. The van der Waals surface area contributed by atoms with Gasteiger partial charge in [-0.25, -0.2) is 9.78 Å². The molecule has 1 aliphatic rings. The molecule has 0 aromatic carbocycles. The number of hydrogen-bond donors (Lipinski definition) is 2. The van der Waals surface area contributed by atoms with Crippen LogP contribution >= 0.6 is 11.3 Å². The number of aliphatic carboxylic acids is 1. The molecular weight excluding hydrogens is 290 g/mol. The number of anilines is 1. The summed E-state index contributed by atoms with van der Waals surface area (Å²) in [5.41, 5.74) is 0.274. The number of carbonyl (C=O) groups is 2. The van der Waals surface area contributed by atoms with E-state index >= 15 is 0 Å². The lowest BCUT2D eigenvalue weighted by molar-refractivity contribution is -0.140. The number of nitrogens with one attached hydrogen (secondary N) is 1. The second-order valence-electron chi connectivity index (χ2n) is 5.64. The number of aromatic nitrogens is 1. The van der Waals surface area contributed by atoms with E-state index < -0.39 is 11.5 Å². The first-order valence-corrected chi connectivity index (χ1v) is 8.00. The van der Waals surface area contributed by atoms with Crippen molar-refractivity contribution in [1.82, 2.24) is 9.88 Å². The summed E-state index contributed by atoms with van der Waals surface area (Å²) in [6.07, 6.45) is 4.49. The Morgan fingerprint density at radius 1 is 1.43 bits per heavy atom. The van der Waals surface area contributed by atoms with Crippen molar-refractivity contribution < 1.29 is 14.7 Å². The van der Waals surface area contributed by atoms with E-state index in [4.69, 9.17) is 0 Å². The normalized spacial score (nSPS) is 17.2. The van der Waals surface area contributed by atoms with Crippen molar-refractivity contribution in [3.63, 3.8) is 0 Å². The SMILES string of the molecule is Cc1csc(NC(=O)N(C)C2(CC(=O)O)CCCCC2)n1. The molecule has 0 radical (unpaired) electrons. The minimum atomic E-state index is -0.860. The van der Waals surface area contributed by atoms with Crippen molar-refractivity contribution in [1.29, 1.82) is 0 Å². The van der Waals surface area contributed by atoms with Gasteiger partial charge in [-0.3, -0.25) is 10.1 Å². The van der Waals surface area contributed by atoms with Crippen LogP contribution in [-0.4, -0.2) is 39.6 Å². The largest absolute Gasteiger partial charge is 0.481 e. The molecule has 0 unspecified atom stereocenters. The van der Waals surface area contributed by atoms with Gasteiger partial charge in [-0.2, -0.15) is 0 Å². The Morgan fingerprint density at radius 2 is 2.10 bits per heavy atom. The summed E-state index contributed by atoms with van der Waals surface area (Å²) in [6, 6.07) is -0.285. The van der Waals surface area contributed by atoms with E-state index in [1.807, 2.05) is 12.3 Å². The topological polar surface area (TPSA) is 82.5 Å². The number of carboxylic acid groups (broad SMARTS) is 1. The van der Waals surface area contributed by atoms with Gasteiger partial charge in [-0.15, -0.1) is 11.3 Å². The van der Waals surface area contributed by atoms with Crippen molar-refractivity contribution >= 4 is 28.5 Å². The second-order valence-corrected chi connectivity index (χ2v) is 6.50. The molecule has 1 aromatic rings. The molecule has 2 amide bonds. The standard InChI is InChI=1S/C14H21N3O3S/c1-10-9-21-12(15-10)16-13(20)17(2)14(8-11(18)19)6-4-3-5-7-14/h9H,3-8H2,1-2H3,(H,18,19)(H,15,16,20). The predicted octanol–water partition coefficient (Wildman–Crippen LogP) is 3.09. The van der Waals surface area contributed by atoms with Crippen molar-refractivity contribution in [3.05, 3.63) is 11.1 Å². The fraction of sp³-hybridized carbons (Fsp3) is 0.643. The molecule has 0 aliphatic heterocycles. The van der Waals surface area contributed by atoms with Crippen LogP contribution in [0, 0.1) is 6.92 Å². The van der Waals surface area contributed by atoms with Gasteiger partial charge in [-0.05, 0) is 19.8 Å². The van der Waals surface area contributed by atoms with E-state index in [0.29, 0.717) is 5.13 Å². The summed E-state index contributed by atoms with van der Waals surface area (Å²) >= 11 is 1.37. The van der Waals surface area contributed by atoms with Gasteiger partial charge in [0.1, 0.15) is 0 Å². The van der Waals surface area contributed by atoms with E-state index in [9.17, 15) is 14.7 Å². The number of thiazole rings is 1. The number of carbonyl (C=O) groups excluding carboxylic acids is 1. The molecule has 116 valence electrons. The van der Waals surface area contributed by atoms with Gasteiger partial charge >= 0.3 is 12.0 Å². The Kier molecular flexibility index (Phi) is 4.82. The Hall–Kier alpha value is -1.63. The smallest absolute Gasteiger partial charge is 0.323 e. The number of amides is 2. The quantitative estimate of drug-likeness (QED) is 0.895. The van der Waals surface area contributed by atoms with Gasteiger partial charge in [0.2, 0.25) is 0 Å². The highest BCUT2D eigenvalue weighted by molar-refractivity contribution is 7.13. The molecule has 0 bridgehead atoms. The zero-order valence-corrected chi connectivity index (χ0v) is 13.2. The molecule has 1 fully saturated rings. The highest BCUT2D eigenvalue weighted by Gasteiger charge is 2.40. The van der Waals surface area contributed by atoms with Crippen LogP contribution in [0.1, 0.15) is 44.2 Å². The molecule has 1 heterocycles. The zero-order valence-electron chi connectivity index (χ0n) is 12.4. The van der Waals surface area contributed by atoms with Gasteiger partial charge in [0.15, 0.2) is 5.13 Å². The highest BCUT2D eigenvalue weighted by Crippen LogP contribution is 2.36. The van der Waals surface area contributed by atoms with E-state index in [2.05, 4.69) is 10.3 Å². The Balaban J connectivity index is 2.11. The van der Waals surface area contributed by atoms with Crippen LogP contribution in [0.5, 0.6) is 0 Å². The van der Waals surface area contributed by atoms with Gasteiger partial charge in [0, 0.05) is 12.4 Å². The van der Waals surface area contributed by atoms with Crippen LogP contribution in [0.25, 0.3) is 0 Å². The van der Waals surface area contributed by atoms with Crippen molar-refractivity contribution in [3.8, 4) is 0 Å². The van der Waals surface area contributed by atoms with Crippen LogP contribution in [0.4, 0.5) is 9.93 Å². The Bertz CT molecular complexity index is 523. The molecule has 0 spiro atoms. The molecule has 7 heteroatoms. The number of carboxylic acids is 1. The lowest BCUT2D eigenvalue weighted by Gasteiger charge is -2.43. The molecule has 1 saturated carbocycles. The van der Waals surface area contributed by atoms with Crippen molar-refractivity contribution in [2.45, 2.75) is 51.0 Å². The van der Waals surface area contributed by atoms with E-state index in [-0.39, 0.29) is 12.5 Å². The number of aryl methyl sites for hydroxylation is 1. The lowest BCUT2D eigenvalue weighted by atomic mass is 9.78. The van der Waals surface area contributed by atoms with Gasteiger partial charge in [0.05, 0.1) is 17.7 Å². The fourth-order valence-corrected chi connectivity index (χ4v) is 3.60. The first-order valence-electron chi connectivity index (χ1n) is 7.12. The summed E-state index contributed by atoms with van der Waals surface area (Å²) in [4.78, 5) is 29.4. The van der Waals surface area contributed by atoms with Crippen LogP contribution in [0.3, 0.4) is 0 Å². The van der Waals surface area contributed by atoms with Gasteiger partial charge in [0.25, 0.3) is 0 Å². The van der Waals surface area contributed by atoms with Crippen LogP contribution in [0.15, 0.2) is 5.38 Å². The number of rotatable bonds is 4. The average molecular weight is 311 g/mol. The summed E-state index contributed by atoms with van der Waals surface area (Å²) in [5, 5.41) is 14.4. The zero-order chi connectivity index (χ0) is 15.5. The minimum absolute atomic E-state index is 0.00613.